The Morgan fingerprint density at radius 1 is 1.00 bits per heavy atom. The molecule has 6 nitrogen and oxygen atoms in total. The Morgan fingerprint density at radius 3 is 2.42 bits per heavy atom. The van der Waals surface area contributed by atoms with Crippen molar-refractivity contribution >= 4 is 17.5 Å². The van der Waals surface area contributed by atoms with Gasteiger partial charge in [0.15, 0.2) is 6.10 Å². The number of H-pyrrole nitrogens is 1. The molecule has 1 amide bonds. The van der Waals surface area contributed by atoms with E-state index in [1.807, 2.05) is 30.3 Å². The summed E-state index contributed by atoms with van der Waals surface area (Å²) in [5.41, 5.74) is 5.50. The van der Waals surface area contributed by atoms with Crippen molar-refractivity contribution in [3.63, 3.8) is 0 Å². The van der Waals surface area contributed by atoms with E-state index in [0.29, 0.717) is 35.0 Å². The number of benzene rings is 3. The highest BCUT2D eigenvalue weighted by Gasteiger charge is 2.49. The van der Waals surface area contributed by atoms with Crippen molar-refractivity contribution in [3.05, 3.63) is 122 Å². The number of fused-ring (bicyclic) bond motifs is 1. The van der Waals surface area contributed by atoms with Gasteiger partial charge in [0, 0.05) is 18.0 Å². The van der Waals surface area contributed by atoms with Crippen molar-refractivity contribution in [1.82, 2.24) is 14.9 Å². The first-order valence-electron chi connectivity index (χ1n) is 13.8. The second-order valence-corrected chi connectivity index (χ2v) is 11.7. The minimum Gasteiger partial charge on any atom is -0.378 e. The molecule has 1 saturated carbocycles. The highest BCUT2D eigenvalue weighted by Crippen LogP contribution is 2.52. The van der Waals surface area contributed by atoms with Crippen LogP contribution in [-0.2, 0) is 23.2 Å². The number of halogens is 1. The zero-order valence-corrected chi connectivity index (χ0v) is 23.4. The predicted octanol–water partition coefficient (Wildman–Crippen LogP) is 5.91. The van der Waals surface area contributed by atoms with Gasteiger partial charge in [-0.2, -0.15) is 0 Å². The molecule has 1 aliphatic carbocycles. The molecule has 0 radical (unpaired) electrons. The lowest BCUT2D eigenvalue weighted by Gasteiger charge is -2.30. The van der Waals surface area contributed by atoms with Crippen LogP contribution in [0.2, 0.25) is 5.02 Å². The average molecular weight is 554 g/mol. The molecule has 2 heterocycles. The molecule has 1 atom stereocenters. The summed E-state index contributed by atoms with van der Waals surface area (Å²) in [5.74, 6) is 0.709. The Labute approximate surface area is 238 Å². The van der Waals surface area contributed by atoms with Crippen LogP contribution < -0.4 is 5.56 Å². The molecule has 1 aromatic heterocycles. The van der Waals surface area contributed by atoms with Crippen LogP contribution >= 0.6 is 11.6 Å². The molecule has 1 fully saturated rings. The fourth-order valence-electron chi connectivity index (χ4n) is 5.69. The topological polar surface area (TPSA) is 86.3 Å². The van der Waals surface area contributed by atoms with Crippen LogP contribution in [0.5, 0.6) is 0 Å². The van der Waals surface area contributed by atoms with Gasteiger partial charge in [-0.3, -0.25) is 9.59 Å². The van der Waals surface area contributed by atoms with E-state index < -0.39 is 12.0 Å². The third-order valence-corrected chi connectivity index (χ3v) is 8.52. The Balaban J connectivity index is 1.22. The van der Waals surface area contributed by atoms with Crippen LogP contribution in [0, 0.1) is 0 Å². The van der Waals surface area contributed by atoms with Gasteiger partial charge >= 0.3 is 0 Å². The normalized spacial score (nSPS) is 16.5. The summed E-state index contributed by atoms with van der Waals surface area (Å²) in [6, 6.07) is 23.3. The number of hydrogen-bond donors (Lipinski definition) is 2. The van der Waals surface area contributed by atoms with E-state index in [1.165, 1.54) is 11.1 Å². The standard InChI is InChI=1S/C33H32ClN3O3/c1-20(2)21-6-4-10-25(17-21)33(13-14-33)32-35-28-12-15-37(19-27(28)30(39)36-32)31(40)29(38)24-9-3-7-22(16-24)23-8-5-11-26(34)18-23/h3-11,16-18,20,29,38H,12-15,19H2,1-2H3,(H,35,36,39)/t29-/m1/s1. The second kappa shape index (κ2) is 10.3. The number of hydrogen-bond acceptors (Lipinski definition) is 4. The number of carbonyl (C=O) groups is 1. The summed E-state index contributed by atoms with van der Waals surface area (Å²) in [7, 11) is 0. The lowest BCUT2D eigenvalue weighted by Crippen LogP contribution is -2.42. The van der Waals surface area contributed by atoms with E-state index in [2.05, 4.69) is 43.1 Å². The molecule has 0 unspecified atom stereocenters. The molecule has 2 aliphatic rings. The van der Waals surface area contributed by atoms with Crippen LogP contribution in [0.25, 0.3) is 11.1 Å². The fraction of sp³-hybridized carbons (Fsp3) is 0.303. The summed E-state index contributed by atoms with van der Waals surface area (Å²) < 4.78 is 0. The summed E-state index contributed by atoms with van der Waals surface area (Å²) in [6.07, 6.45) is 1.02. The molecule has 6 rings (SSSR count). The molecule has 1 aliphatic heterocycles. The van der Waals surface area contributed by atoms with Crippen molar-refractivity contribution in [2.45, 2.75) is 57.1 Å². The van der Waals surface area contributed by atoms with Crippen molar-refractivity contribution in [2.75, 3.05) is 6.54 Å². The molecular weight excluding hydrogens is 522 g/mol. The predicted molar refractivity (Wildman–Crippen MR) is 156 cm³/mol. The molecule has 0 saturated heterocycles. The molecule has 204 valence electrons. The van der Waals surface area contributed by atoms with Gasteiger partial charge in [-0.25, -0.2) is 4.98 Å². The molecule has 0 spiro atoms. The highest BCUT2D eigenvalue weighted by atomic mass is 35.5. The van der Waals surface area contributed by atoms with Gasteiger partial charge in [0.1, 0.15) is 5.82 Å². The number of aromatic nitrogens is 2. The first kappa shape index (κ1) is 26.5. The van der Waals surface area contributed by atoms with E-state index in [-0.39, 0.29) is 17.5 Å². The Morgan fingerprint density at radius 2 is 1.70 bits per heavy atom. The third-order valence-electron chi connectivity index (χ3n) is 8.28. The largest absolute Gasteiger partial charge is 0.378 e. The Hall–Kier alpha value is -3.74. The van der Waals surface area contributed by atoms with Crippen LogP contribution in [-0.4, -0.2) is 32.4 Å². The van der Waals surface area contributed by atoms with Gasteiger partial charge in [-0.15, -0.1) is 0 Å². The second-order valence-electron chi connectivity index (χ2n) is 11.3. The van der Waals surface area contributed by atoms with E-state index in [9.17, 15) is 14.7 Å². The van der Waals surface area contributed by atoms with E-state index >= 15 is 0 Å². The number of aromatic amines is 1. The summed E-state index contributed by atoms with van der Waals surface area (Å²) >= 11 is 6.15. The first-order valence-corrected chi connectivity index (χ1v) is 14.2. The van der Waals surface area contributed by atoms with Crippen LogP contribution in [0.3, 0.4) is 0 Å². The minimum absolute atomic E-state index is 0.123. The lowest BCUT2D eigenvalue weighted by molar-refractivity contribution is -0.141. The number of aliphatic hydroxyl groups is 1. The fourth-order valence-corrected chi connectivity index (χ4v) is 5.88. The zero-order chi connectivity index (χ0) is 28.0. The molecule has 40 heavy (non-hydrogen) atoms. The molecule has 3 aromatic carbocycles. The lowest BCUT2D eigenvalue weighted by atomic mass is 9.90. The Kier molecular flexibility index (Phi) is 6.85. The van der Waals surface area contributed by atoms with Crippen LogP contribution in [0.15, 0.2) is 77.6 Å². The van der Waals surface area contributed by atoms with Gasteiger partial charge in [0.2, 0.25) is 0 Å². The molecular formula is C33H32ClN3O3. The Bertz CT molecular complexity index is 1660. The van der Waals surface area contributed by atoms with Crippen molar-refractivity contribution in [3.8, 4) is 11.1 Å². The summed E-state index contributed by atoms with van der Waals surface area (Å²) in [6.45, 7) is 4.87. The number of nitrogens with one attached hydrogen (secondary N) is 1. The average Bonchev–Trinajstić information content (AvgIpc) is 3.79. The van der Waals surface area contributed by atoms with Gasteiger partial charge in [0.25, 0.3) is 11.5 Å². The third kappa shape index (κ3) is 4.87. The monoisotopic (exact) mass is 553 g/mol. The molecule has 0 bridgehead atoms. The van der Waals surface area contributed by atoms with Crippen LogP contribution in [0.4, 0.5) is 0 Å². The molecule has 7 heteroatoms. The van der Waals surface area contributed by atoms with Gasteiger partial charge in [-0.1, -0.05) is 80.0 Å². The van der Waals surface area contributed by atoms with E-state index in [4.69, 9.17) is 16.6 Å². The van der Waals surface area contributed by atoms with Crippen LogP contribution in [0.1, 0.15) is 72.5 Å². The van der Waals surface area contributed by atoms with Gasteiger partial charge in [-0.05, 0) is 64.8 Å². The zero-order valence-electron chi connectivity index (χ0n) is 22.7. The highest BCUT2D eigenvalue weighted by molar-refractivity contribution is 6.30. The maximum absolute atomic E-state index is 13.4. The summed E-state index contributed by atoms with van der Waals surface area (Å²) in [5, 5.41) is 11.6. The maximum atomic E-state index is 13.4. The minimum atomic E-state index is -1.34. The first-order chi connectivity index (χ1) is 19.2. The number of nitrogens with zero attached hydrogens (tertiary/aromatic N) is 2. The van der Waals surface area contributed by atoms with Crippen molar-refractivity contribution in [2.24, 2.45) is 0 Å². The van der Waals surface area contributed by atoms with Crippen molar-refractivity contribution in [1.29, 1.82) is 0 Å². The SMILES string of the molecule is CC(C)c1cccc(C2(c3nc4c(c(=O)[nH]3)CN(C(=O)[C@H](O)c3cccc(-c5cccc(Cl)c5)c3)CC4)CC2)c1. The number of rotatable bonds is 6. The van der Waals surface area contributed by atoms with Crippen molar-refractivity contribution < 1.29 is 9.90 Å². The smallest absolute Gasteiger partial charge is 0.256 e. The molecule has 4 aromatic rings. The van der Waals surface area contributed by atoms with Gasteiger partial charge in [0.05, 0.1) is 23.2 Å². The number of aliphatic hydroxyl groups excluding tert-OH is 1. The summed E-state index contributed by atoms with van der Waals surface area (Å²) in [4.78, 5) is 36.2. The van der Waals surface area contributed by atoms with Gasteiger partial charge < -0.3 is 15.0 Å². The molecule has 2 N–H and O–H groups in total. The van der Waals surface area contributed by atoms with E-state index in [1.54, 1.807) is 23.1 Å². The number of amides is 1. The quantitative estimate of drug-likeness (QED) is 0.311. The maximum Gasteiger partial charge on any atom is 0.256 e. The van der Waals surface area contributed by atoms with E-state index in [0.717, 1.165) is 35.5 Å². The number of carbonyl (C=O) groups excluding carboxylic acids is 1.